The van der Waals surface area contributed by atoms with Gasteiger partial charge in [0.05, 0.1) is 29.5 Å². The van der Waals surface area contributed by atoms with Gasteiger partial charge in [0.15, 0.2) is 10.8 Å². The lowest BCUT2D eigenvalue weighted by Crippen LogP contribution is -2.46. The number of carbonyl (C=O) groups excluding carboxylic acids is 1. The molecule has 0 aromatic carbocycles. The van der Waals surface area contributed by atoms with Gasteiger partial charge in [0.25, 0.3) is 6.43 Å². The number of alkyl halides is 5. The fourth-order valence-corrected chi connectivity index (χ4v) is 3.43. The van der Waals surface area contributed by atoms with Gasteiger partial charge >= 0.3 is 12.2 Å². The smallest absolute Gasteiger partial charge is 0.306 e. The molecule has 4 rings (SSSR count). The number of nitrogens with zero attached hydrogens (tertiary/aromatic N) is 6. The summed E-state index contributed by atoms with van der Waals surface area (Å²) < 4.78 is 82.3. The minimum atomic E-state index is -4.87. The lowest BCUT2D eigenvalue weighted by molar-refractivity contribution is -0.181. The fraction of sp³-hybridized carbons (Fsp3) is 0.312. The SMILES string of the molecule is CC1(C(F)(F)F)CN(C(=O)Nc2cnnc(C(F)F)c2)c2cnc3c(F)c(Cl)nn3c21. The van der Waals surface area contributed by atoms with Crippen LogP contribution in [0.1, 0.15) is 24.7 Å². The Morgan fingerprint density at radius 1 is 1.32 bits per heavy atom. The number of halogens is 7. The van der Waals surface area contributed by atoms with Crippen molar-refractivity contribution in [1.29, 1.82) is 0 Å². The summed E-state index contributed by atoms with van der Waals surface area (Å²) in [6.45, 7) is -0.0906. The Labute approximate surface area is 173 Å². The monoisotopic (exact) mass is 465 g/mol. The van der Waals surface area contributed by atoms with E-state index < -0.39 is 58.6 Å². The van der Waals surface area contributed by atoms with Crippen molar-refractivity contribution in [2.24, 2.45) is 0 Å². The number of rotatable bonds is 2. The Hall–Kier alpha value is -3.16. The Morgan fingerprint density at radius 3 is 2.68 bits per heavy atom. The van der Waals surface area contributed by atoms with E-state index in [1.165, 1.54) is 0 Å². The van der Waals surface area contributed by atoms with Crippen molar-refractivity contribution in [1.82, 2.24) is 24.8 Å². The molecular weight excluding hydrogens is 456 g/mol. The zero-order chi connectivity index (χ0) is 22.7. The summed E-state index contributed by atoms with van der Waals surface area (Å²) in [6, 6.07) is -0.248. The van der Waals surface area contributed by atoms with Crippen molar-refractivity contribution in [2.45, 2.75) is 24.9 Å². The number of fused-ring (bicyclic) bond motifs is 3. The average molecular weight is 466 g/mol. The first-order valence-electron chi connectivity index (χ1n) is 8.43. The minimum Gasteiger partial charge on any atom is -0.306 e. The molecule has 1 atom stereocenters. The van der Waals surface area contributed by atoms with Gasteiger partial charge in [-0.1, -0.05) is 11.6 Å². The molecule has 4 heterocycles. The highest BCUT2D eigenvalue weighted by Crippen LogP contribution is 2.50. The molecule has 1 unspecified atom stereocenters. The van der Waals surface area contributed by atoms with Crippen LogP contribution in [0.25, 0.3) is 5.65 Å². The highest BCUT2D eigenvalue weighted by atomic mass is 35.5. The molecule has 0 bridgehead atoms. The third-order valence-corrected chi connectivity index (χ3v) is 5.08. The highest BCUT2D eigenvalue weighted by molar-refractivity contribution is 6.29. The number of anilines is 2. The zero-order valence-corrected chi connectivity index (χ0v) is 16.0. The van der Waals surface area contributed by atoms with Gasteiger partial charge in [0, 0.05) is 6.54 Å². The number of nitrogens with one attached hydrogen (secondary N) is 1. The second kappa shape index (κ2) is 6.93. The van der Waals surface area contributed by atoms with Crippen LogP contribution < -0.4 is 10.2 Å². The minimum absolute atomic E-state index is 0.209. The van der Waals surface area contributed by atoms with Crippen molar-refractivity contribution < 1.29 is 31.1 Å². The van der Waals surface area contributed by atoms with Crippen molar-refractivity contribution >= 4 is 34.7 Å². The first-order valence-corrected chi connectivity index (χ1v) is 8.81. The molecular formula is C16H10ClF6N7O. The van der Waals surface area contributed by atoms with Crippen molar-refractivity contribution in [3.8, 4) is 0 Å². The highest BCUT2D eigenvalue weighted by Gasteiger charge is 2.60. The summed E-state index contributed by atoms with van der Waals surface area (Å²) in [5.41, 5.74) is -4.99. The molecule has 8 nitrogen and oxygen atoms in total. The second-order valence-electron chi connectivity index (χ2n) is 6.85. The van der Waals surface area contributed by atoms with Crippen molar-refractivity contribution in [3.63, 3.8) is 0 Å². The Kier molecular flexibility index (Phi) is 4.72. The Bertz CT molecular complexity index is 1200. The topological polar surface area (TPSA) is 88.3 Å². The zero-order valence-electron chi connectivity index (χ0n) is 15.3. The first kappa shape index (κ1) is 21.1. The van der Waals surface area contributed by atoms with E-state index in [1.807, 2.05) is 0 Å². The summed E-state index contributed by atoms with van der Waals surface area (Å²) in [6.07, 6.45) is -6.01. The van der Waals surface area contributed by atoms with Gasteiger partial charge in [-0.05, 0) is 13.0 Å². The average Bonchev–Trinajstić information content (AvgIpc) is 3.17. The van der Waals surface area contributed by atoms with Crippen LogP contribution in [0.4, 0.5) is 42.5 Å². The summed E-state index contributed by atoms with van der Waals surface area (Å²) in [4.78, 5) is 17.2. The predicted molar refractivity (Wildman–Crippen MR) is 94.7 cm³/mol. The Balaban J connectivity index is 1.80. The molecule has 1 aliphatic heterocycles. The Morgan fingerprint density at radius 2 is 2.03 bits per heavy atom. The summed E-state index contributed by atoms with van der Waals surface area (Å²) in [7, 11) is 0. The van der Waals surface area contributed by atoms with Crippen LogP contribution in [0.15, 0.2) is 18.5 Å². The first-order chi connectivity index (χ1) is 14.4. The van der Waals surface area contributed by atoms with Gasteiger partial charge in [-0.15, -0.1) is 5.10 Å². The van der Waals surface area contributed by atoms with E-state index in [4.69, 9.17) is 11.6 Å². The lowest BCUT2D eigenvalue weighted by atomic mass is 9.87. The molecule has 164 valence electrons. The number of aromatic nitrogens is 5. The van der Waals surface area contributed by atoms with Crippen LogP contribution in [0.2, 0.25) is 5.15 Å². The summed E-state index contributed by atoms with van der Waals surface area (Å²) >= 11 is 5.61. The quantitative estimate of drug-likeness (QED) is 0.575. The molecule has 3 aromatic heterocycles. The molecule has 0 radical (unpaired) electrons. The van der Waals surface area contributed by atoms with Crippen LogP contribution in [0, 0.1) is 5.82 Å². The summed E-state index contributed by atoms with van der Waals surface area (Å²) in [5, 5.41) is 11.6. The molecule has 0 fully saturated rings. The number of hydrogen-bond acceptors (Lipinski definition) is 5. The number of hydrogen-bond donors (Lipinski definition) is 1. The van der Waals surface area contributed by atoms with Crippen molar-refractivity contribution in [2.75, 3.05) is 16.8 Å². The maximum Gasteiger partial charge on any atom is 0.401 e. The molecule has 31 heavy (non-hydrogen) atoms. The standard InChI is InChI=1S/C16H10ClF6N7O/c1-15(16(21,22)23)5-29(14(31)26-6-2-7(12(19)20)27-25-3-6)8-4-24-13-9(18)11(17)28-30(13)10(8)15/h2-4,12H,5H2,1H3,(H,26,27,31). The van der Waals surface area contributed by atoms with E-state index in [1.54, 1.807) is 0 Å². The molecule has 0 saturated heterocycles. The van der Waals surface area contributed by atoms with E-state index >= 15 is 0 Å². The maximum absolute atomic E-state index is 14.1. The van der Waals surface area contributed by atoms with Crippen LogP contribution in [-0.4, -0.2) is 43.5 Å². The van der Waals surface area contributed by atoms with Gasteiger partial charge in [-0.2, -0.15) is 27.8 Å². The van der Waals surface area contributed by atoms with Crippen LogP contribution >= 0.6 is 11.6 Å². The van der Waals surface area contributed by atoms with Crippen LogP contribution in [0.3, 0.4) is 0 Å². The molecule has 1 N–H and O–H groups in total. The molecule has 0 spiro atoms. The van der Waals surface area contributed by atoms with E-state index in [-0.39, 0.29) is 11.4 Å². The molecule has 0 aliphatic carbocycles. The molecule has 0 saturated carbocycles. The lowest BCUT2D eigenvalue weighted by Gasteiger charge is -2.28. The van der Waals surface area contributed by atoms with E-state index in [9.17, 15) is 31.1 Å². The molecule has 15 heteroatoms. The van der Waals surface area contributed by atoms with Crippen LogP contribution in [-0.2, 0) is 5.41 Å². The molecule has 2 amide bonds. The third-order valence-electron chi connectivity index (χ3n) is 4.84. The van der Waals surface area contributed by atoms with Gasteiger partial charge in [-0.3, -0.25) is 4.90 Å². The number of urea groups is 1. The van der Waals surface area contributed by atoms with Gasteiger partial charge in [0.2, 0.25) is 5.82 Å². The van der Waals surface area contributed by atoms with Crippen molar-refractivity contribution in [3.05, 3.63) is 40.8 Å². The van der Waals surface area contributed by atoms with Crippen LogP contribution in [0.5, 0.6) is 0 Å². The van der Waals surface area contributed by atoms with Gasteiger partial charge in [-0.25, -0.2) is 23.1 Å². The predicted octanol–water partition coefficient (Wildman–Crippen LogP) is 4.12. The largest absolute Gasteiger partial charge is 0.401 e. The normalized spacial score (nSPS) is 18.7. The van der Waals surface area contributed by atoms with E-state index in [0.717, 1.165) is 25.4 Å². The van der Waals surface area contributed by atoms with E-state index in [0.29, 0.717) is 9.42 Å². The number of amides is 2. The van der Waals surface area contributed by atoms with Gasteiger partial charge < -0.3 is 5.32 Å². The van der Waals surface area contributed by atoms with Gasteiger partial charge in [0.1, 0.15) is 11.1 Å². The maximum atomic E-state index is 14.1. The molecule has 3 aromatic rings. The number of carbonyl (C=O) groups is 1. The molecule has 1 aliphatic rings. The fourth-order valence-electron chi connectivity index (χ4n) is 3.27. The van der Waals surface area contributed by atoms with E-state index in [2.05, 4.69) is 25.6 Å². The third kappa shape index (κ3) is 3.21. The second-order valence-corrected chi connectivity index (χ2v) is 7.21. The summed E-state index contributed by atoms with van der Waals surface area (Å²) in [5.74, 6) is -1.11.